The number of hydrogen-bond acceptors (Lipinski definition) is 6. The van der Waals surface area contributed by atoms with Gasteiger partial charge in [-0.05, 0) is 13.3 Å². The summed E-state index contributed by atoms with van der Waals surface area (Å²) in [4.78, 5) is 24.6. The number of carbonyl (C=O) groups excluding carboxylic acids is 1. The molecule has 1 N–H and O–H groups in total. The molecule has 0 aromatic carbocycles. The van der Waals surface area contributed by atoms with Crippen molar-refractivity contribution in [2.45, 2.75) is 19.4 Å². The van der Waals surface area contributed by atoms with Crippen molar-refractivity contribution < 1.29 is 14.3 Å². The largest absolute Gasteiger partial charge is 0.475 e. The van der Waals surface area contributed by atoms with Crippen LogP contribution in [0.1, 0.15) is 13.3 Å². The summed E-state index contributed by atoms with van der Waals surface area (Å²) in [6, 6.07) is 0.0482. The number of aromatic nitrogens is 2. The lowest BCUT2D eigenvalue weighted by molar-refractivity contribution is 0.177. The molecule has 23 heavy (non-hydrogen) atoms. The van der Waals surface area contributed by atoms with Crippen LogP contribution in [0, 0.1) is 0 Å². The lowest BCUT2D eigenvalue weighted by Gasteiger charge is -2.25. The number of likely N-dealkylation sites (N-methyl/N-ethyl adjacent to an activating group) is 1. The van der Waals surface area contributed by atoms with Crippen LogP contribution in [0.25, 0.3) is 0 Å². The summed E-state index contributed by atoms with van der Waals surface area (Å²) in [6.07, 6.45) is 4.17. The molecule has 1 aliphatic rings. The fourth-order valence-electron chi connectivity index (χ4n) is 2.57. The maximum absolute atomic E-state index is 12.1. The molecule has 0 saturated carbocycles. The second-order valence-corrected chi connectivity index (χ2v) is 5.34. The number of urea groups is 1. The first-order valence-corrected chi connectivity index (χ1v) is 7.85. The second-order valence-electron chi connectivity index (χ2n) is 5.34. The Morgan fingerprint density at radius 1 is 1.48 bits per heavy atom. The van der Waals surface area contributed by atoms with Gasteiger partial charge in [0.25, 0.3) is 5.88 Å². The van der Waals surface area contributed by atoms with Crippen LogP contribution in [0.5, 0.6) is 5.88 Å². The Morgan fingerprint density at radius 2 is 2.26 bits per heavy atom. The first kappa shape index (κ1) is 17.3. The van der Waals surface area contributed by atoms with Crippen molar-refractivity contribution in [1.29, 1.82) is 0 Å². The first-order valence-electron chi connectivity index (χ1n) is 7.85. The third-order valence-electron chi connectivity index (χ3n) is 3.84. The van der Waals surface area contributed by atoms with Crippen molar-refractivity contribution in [2.75, 3.05) is 51.9 Å². The number of anilines is 1. The molecule has 2 rings (SSSR count). The molecule has 0 bridgehead atoms. The van der Waals surface area contributed by atoms with Crippen LogP contribution in [0.3, 0.4) is 0 Å². The lowest BCUT2D eigenvalue weighted by Crippen LogP contribution is -2.45. The first-order chi connectivity index (χ1) is 11.2. The van der Waals surface area contributed by atoms with Gasteiger partial charge in [-0.3, -0.25) is 0 Å². The SMILES string of the molecule is CCOc1nccnc1N1CC[C@H](N(C)C(=O)NCCOC)C1. The van der Waals surface area contributed by atoms with E-state index in [0.29, 0.717) is 32.2 Å². The minimum Gasteiger partial charge on any atom is -0.475 e. The molecule has 0 radical (unpaired) electrons. The molecule has 1 atom stereocenters. The van der Waals surface area contributed by atoms with E-state index >= 15 is 0 Å². The summed E-state index contributed by atoms with van der Waals surface area (Å²) in [6.45, 7) is 5.02. The summed E-state index contributed by atoms with van der Waals surface area (Å²) in [7, 11) is 3.43. The van der Waals surface area contributed by atoms with Gasteiger partial charge in [-0.2, -0.15) is 0 Å². The topological polar surface area (TPSA) is 79.8 Å². The Hall–Kier alpha value is -2.09. The molecule has 0 aliphatic carbocycles. The van der Waals surface area contributed by atoms with Gasteiger partial charge >= 0.3 is 6.03 Å². The summed E-state index contributed by atoms with van der Waals surface area (Å²) < 4.78 is 10.5. The molecule has 0 spiro atoms. The van der Waals surface area contributed by atoms with Crippen molar-refractivity contribution in [3.63, 3.8) is 0 Å². The number of ether oxygens (including phenoxy) is 2. The molecule has 8 nitrogen and oxygen atoms in total. The molecule has 1 saturated heterocycles. The second kappa shape index (κ2) is 8.52. The number of rotatable bonds is 7. The van der Waals surface area contributed by atoms with Crippen molar-refractivity contribution in [3.8, 4) is 5.88 Å². The van der Waals surface area contributed by atoms with E-state index in [-0.39, 0.29) is 12.1 Å². The van der Waals surface area contributed by atoms with E-state index in [9.17, 15) is 4.79 Å². The van der Waals surface area contributed by atoms with Crippen molar-refractivity contribution in [2.24, 2.45) is 0 Å². The van der Waals surface area contributed by atoms with E-state index in [1.54, 1.807) is 24.4 Å². The predicted octanol–water partition coefficient (Wildman–Crippen LogP) is 0.742. The zero-order chi connectivity index (χ0) is 16.7. The molecule has 2 amide bonds. The molecular weight excluding hydrogens is 298 g/mol. The Balaban J connectivity index is 1.94. The molecule has 2 heterocycles. The maximum atomic E-state index is 12.1. The lowest BCUT2D eigenvalue weighted by atomic mass is 10.2. The number of amides is 2. The average molecular weight is 323 g/mol. The minimum absolute atomic E-state index is 0.0851. The Bertz CT molecular complexity index is 514. The van der Waals surface area contributed by atoms with Crippen LogP contribution in [0.2, 0.25) is 0 Å². The zero-order valence-electron chi connectivity index (χ0n) is 14.0. The van der Waals surface area contributed by atoms with Crippen LogP contribution in [0.4, 0.5) is 10.6 Å². The Morgan fingerprint density at radius 3 is 3.00 bits per heavy atom. The van der Waals surface area contributed by atoms with E-state index in [4.69, 9.17) is 9.47 Å². The van der Waals surface area contributed by atoms with E-state index in [1.165, 1.54) is 0 Å². The molecule has 0 unspecified atom stereocenters. The molecule has 8 heteroatoms. The highest BCUT2D eigenvalue weighted by Crippen LogP contribution is 2.27. The highest BCUT2D eigenvalue weighted by molar-refractivity contribution is 5.74. The van der Waals surface area contributed by atoms with Gasteiger partial charge in [0.2, 0.25) is 0 Å². The van der Waals surface area contributed by atoms with Gasteiger partial charge in [-0.1, -0.05) is 0 Å². The van der Waals surface area contributed by atoms with Crippen molar-refractivity contribution >= 4 is 11.8 Å². The van der Waals surface area contributed by atoms with Gasteiger partial charge in [-0.25, -0.2) is 14.8 Å². The monoisotopic (exact) mass is 323 g/mol. The molecule has 1 aromatic rings. The predicted molar refractivity (Wildman–Crippen MR) is 86.9 cm³/mol. The summed E-state index contributed by atoms with van der Waals surface area (Å²) in [5, 5.41) is 2.84. The summed E-state index contributed by atoms with van der Waals surface area (Å²) in [5.41, 5.74) is 0. The van der Waals surface area contributed by atoms with E-state index in [2.05, 4.69) is 20.2 Å². The van der Waals surface area contributed by atoms with E-state index in [0.717, 1.165) is 18.8 Å². The number of nitrogens with one attached hydrogen (secondary N) is 1. The fraction of sp³-hybridized carbons (Fsp3) is 0.667. The minimum atomic E-state index is -0.0851. The van der Waals surface area contributed by atoms with Gasteiger partial charge in [0, 0.05) is 46.2 Å². The van der Waals surface area contributed by atoms with Crippen LogP contribution in [-0.4, -0.2) is 73.9 Å². The van der Waals surface area contributed by atoms with E-state index < -0.39 is 0 Å². The zero-order valence-corrected chi connectivity index (χ0v) is 14.0. The Kier molecular flexibility index (Phi) is 6.40. The van der Waals surface area contributed by atoms with Crippen LogP contribution in [-0.2, 0) is 4.74 Å². The summed E-state index contributed by atoms with van der Waals surface area (Å²) >= 11 is 0. The molecule has 128 valence electrons. The number of hydrogen-bond donors (Lipinski definition) is 1. The highest BCUT2D eigenvalue weighted by Gasteiger charge is 2.30. The van der Waals surface area contributed by atoms with Crippen molar-refractivity contribution in [1.82, 2.24) is 20.2 Å². The maximum Gasteiger partial charge on any atom is 0.317 e. The molecule has 1 aliphatic heterocycles. The summed E-state index contributed by atoms with van der Waals surface area (Å²) in [5.74, 6) is 1.29. The molecule has 1 fully saturated rings. The number of carbonyl (C=O) groups is 1. The average Bonchev–Trinajstić information content (AvgIpc) is 3.05. The third kappa shape index (κ3) is 4.44. The third-order valence-corrected chi connectivity index (χ3v) is 3.84. The quantitative estimate of drug-likeness (QED) is 0.746. The molecule has 1 aromatic heterocycles. The van der Waals surface area contributed by atoms with Gasteiger partial charge < -0.3 is 24.6 Å². The van der Waals surface area contributed by atoms with Gasteiger partial charge in [0.1, 0.15) is 0 Å². The van der Waals surface area contributed by atoms with E-state index in [1.807, 2.05) is 14.0 Å². The normalized spacial score (nSPS) is 17.2. The van der Waals surface area contributed by atoms with Crippen LogP contribution >= 0.6 is 0 Å². The van der Waals surface area contributed by atoms with Crippen molar-refractivity contribution in [3.05, 3.63) is 12.4 Å². The molecular formula is C15H25N5O3. The van der Waals surface area contributed by atoms with Gasteiger partial charge in [0.05, 0.1) is 19.3 Å². The standard InChI is InChI=1S/C15H25N5O3/c1-4-23-14-13(16-6-7-17-14)20-9-5-12(11-20)19(2)15(21)18-8-10-22-3/h6-7,12H,4-5,8-11H2,1-3H3,(H,18,21)/t12-/m0/s1. The van der Waals surface area contributed by atoms with Gasteiger partial charge in [-0.15, -0.1) is 0 Å². The van der Waals surface area contributed by atoms with Gasteiger partial charge in [0.15, 0.2) is 5.82 Å². The number of methoxy groups -OCH3 is 1. The van der Waals surface area contributed by atoms with Crippen LogP contribution in [0.15, 0.2) is 12.4 Å². The van der Waals surface area contributed by atoms with Crippen LogP contribution < -0.4 is 15.0 Å². The fourth-order valence-corrected chi connectivity index (χ4v) is 2.57. The number of nitrogens with zero attached hydrogens (tertiary/aromatic N) is 4. The highest BCUT2D eigenvalue weighted by atomic mass is 16.5. The Labute approximate surface area is 136 Å². The smallest absolute Gasteiger partial charge is 0.317 e.